The normalized spacial score (nSPS) is 22.3. The van der Waals surface area contributed by atoms with Crippen LogP contribution in [0.4, 0.5) is 10.5 Å². The number of amides is 2. The molecule has 2 aliphatic carbocycles. The van der Waals surface area contributed by atoms with Gasteiger partial charge >= 0.3 is 6.03 Å². The maximum Gasteiger partial charge on any atom is 0.322 e. The molecule has 1 aromatic rings. The van der Waals surface area contributed by atoms with E-state index < -0.39 is 0 Å². The highest BCUT2D eigenvalue weighted by atomic mass is 32.2. The van der Waals surface area contributed by atoms with Gasteiger partial charge in [-0.3, -0.25) is 0 Å². The van der Waals surface area contributed by atoms with Crippen molar-refractivity contribution in [3.8, 4) is 0 Å². The first-order chi connectivity index (χ1) is 15.1. The van der Waals surface area contributed by atoms with E-state index in [0.717, 1.165) is 40.9 Å². The van der Waals surface area contributed by atoms with Crippen molar-refractivity contribution >= 4 is 23.5 Å². The van der Waals surface area contributed by atoms with E-state index in [-0.39, 0.29) is 6.03 Å². The monoisotopic (exact) mass is 444 g/mol. The van der Waals surface area contributed by atoms with E-state index in [1.165, 1.54) is 76.4 Å². The minimum absolute atomic E-state index is 0.106. The molecule has 0 saturated heterocycles. The van der Waals surface area contributed by atoms with Gasteiger partial charge in [0, 0.05) is 24.0 Å². The Morgan fingerprint density at radius 1 is 0.968 bits per heavy atom. The van der Waals surface area contributed by atoms with Crippen LogP contribution in [0.1, 0.15) is 88.7 Å². The van der Waals surface area contributed by atoms with Crippen LogP contribution in [0.5, 0.6) is 0 Å². The summed E-state index contributed by atoms with van der Waals surface area (Å²) in [6.45, 7) is 7.28. The Morgan fingerprint density at radius 2 is 1.61 bits per heavy atom. The number of unbranched alkanes of at least 4 members (excludes halogenated alkanes) is 1. The van der Waals surface area contributed by atoms with E-state index in [9.17, 15) is 4.79 Å². The van der Waals surface area contributed by atoms with Gasteiger partial charge in [0.1, 0.15) is 0 Å². The van der Waals surface area contributed by atoms with Gasteiger partial charge in [0.25, 0.3) is 0 Å². The molecule has 174 valence electrons. The van der Waals surface area contributed by atoms with Crippen molar-refractivity contribution in [3.05, 3.63) is 29.3 Å². The number of rotatable bonds is 9. The summed E-state index contributed by atoms with van der Waals surface area (Å²) < 4.78 is 0. The average Bonchev–Trinajstić information content (AvgIpc) is 2.79. The number of urea groups is 1. The Labute approximate surface area is 195 Å². The molecular formula is C27H44N2OS. The third-order valence-electron chi connectivity index (χ3n) is 7.59. The van der Waals surface area contributed by atoms with Crippen molar-refractivity contribution in [2.45, 2.75) is 97.4 Å². The number of carbonyl (C=O) groups is 1. The summed E-state index contributed by atoms with van der Waals surface area (Å²) in [5.74, 6) is 4.11. The number of aryl methyl sites for hydroxylation is 2. The number of anilines is 1. The minimum atomic E-state index is 0.106. The van der Waals surface area contributed by atoms with Gasteiger partial charge in [-0.25, -0.2) is 4.79 Å². The first-order valence-corrected chi connectivity index (χ1v) is 14.0. The zero-order valence-corrected chi connectivity index (χ0v) is 20.9. The minimum Gasteiger partial charge on any atom is -0.321 e. The Hall–Kier alpha value is -1.16. The third kappa shape index (κ3) is 7.17. The summed E-state index contributed by atoms with van der Waals surface area (Å²) in [5, 5.41) is 3.28. The number of thioether (sulfide) groups is 1. The van der Waals surface area contributed by atoms with E-state index in [4.69, 9.17) is 0 Å². The summed E-state index contributed by atoms with van der Waals surface area (Å²) >= 11 is 2.00. The van der Waals surface area contributed by atoms with Gasteiger partial charge in [-0.2, -0.15) is 11.8 Å². The molecule has 4 heteroatoms. The molecule has 0 heterocycles. The molecule has 0 radical (unpaired) electrons. The second kappa shape index (κ2) is 12.8. The standard InChI is InChI=1S/C27H44N2OS/c1-4-5-19-31-20-18-29(27(30)28-26-21(2)10-9-11-22(26)3)25-16-14-24(15-17-25)23-12-7-6-8-13-23/h9-11,23-25H,4-8,12-20H2,1-3H3,(H,28,30)/t24-,25+. The lowest BCUT2D eigenvalue weighted by Crippen LogP contribution is -2.46. The van der Waals surface area contributed by atoms with Crippen LogP contribution in [0.2, 0.25) is 0 Å². The number of nitrogens with zero attached hydrogens (tertiary/aromatic N) is 1. The fraction of sp³-hybridized carbons (Fsp3) is 0.741. The average molecular weight is 445 g/mol. The zero-order valence-electron chi connectivity index (χ0n) is 20.1. The molecule has 1 aromatic carbocycles. The van der Waals surface area contributed by atoms with E-state index in [0.29, 0.717) is 6.04 Å². The number of para-hydroxylation sites is 1. The Balaban J connectivity index is 1.61. The highest BCUT2D eigenvalue weighted by Crippen LogP contribution is 2.39. The Bertz CT molecular complexity index is 658. The van der Waals surface area contributed by atoms with Crippen LogP contribution in [-0.4, -0.2) is 35.0 Å². The highest BCUT2D eigenvalue weighted by Gasteiger charge is 2.32. The van der Waals surface area contributed by atoms with E-state index in [1.807, 2.05) is 11.8 Å². The summed E-state index contributed by atoms with van der Waals surface area (Å²) in [7, 11) is 0. The summed E-state index contributed by atoms with van der Waals surface area (Å²) in [6.07, 6.45) is 14.7. The van der Waals surface area contributed by atoms with Gasteiger partial charge in [0.15, 0.2) is 0 Å². The second-order valence-corrected chi connectivity index (χ2v) is 11.0. The third-order valence-corrected chi connectivity index (χ3v) is 8.64. The van der Waals surface area contributed by atoms with Crippen LogP contribution < -0.4 is 5.32 Å². The molecule has 0 aliphatic heterocycles. The number of carbonyl (C=O) groups excluding carboxylic acids is 1. The predicted octanol–water partition coefficient (Wildman–Crippen LogP) is 7.81. The van der Waals surface area contributed by atoms with Crippen molar-refractivity contribution < 1.29 is 4.79 Å². The maximum atomic E-state index is 13.4. The Morgan fingerprint density at radius 3 is 2.26 bits per heavy atom. The molecule has 2 aliphatic rings. The quantitative estimate of drug-likeness (QED) is 0.394. The molecule has 3 rings (SSSR count). The first-order valence-electron chi connectivity index (χ1n) is 12.8. The maximum absolute atomic E-state index is 13.4. The van der Waals surface area contributed by atoms with Crippen LogP contribution in [0.3, 0.4) is 0 Å². The molecule has 0 bridgehead atoms. The summed E-state index contributed by atoms with van der Waals surface area (Å²) in [5.41, 5.74) is 3.28. The number of hydrogen-bond donors (Lipinski definition) is 1. The van der Waals surface area contributed by atoms with Crippen molar-refractivity contribution in [2.24, 2.45) is 11.8 Å². The molecule has 0 aromatic heterocycles. The Kier molecular flexibility index (Phi) is 10.1. The van der Waals surface area contributed by atoms with Crippen LogP contribution in [0.15, 0.2) is 18.2 Å². The molecule has 0 unspecified atom stereocenters. The topological polar surface area (TPSA) is 32.3 Å². The zero-order chi connectivity index (χ0) is 22.1. The number of nitrogens with one attached hydrogen (secondary N) is 1. The van der Waals surface area contributed by atoms with Crippen molar-refractivity contribution in [3.63, 3.8) is 0 Å². The van der Waals surface area contributed by atoms with Gasteiger partial charge in [-0.1, -0.05) is 63.6 Å². The van der Waals surface area contributed by atoms with Crippen LogP contribution >= 0.6 is 11.8 Å². The van der Waals surface area contributed by atoms with E-state index in [2.05, 4.69) is 49.2 Å². The molecule has 2 saturated carbocycles. The lowest BCUT2D eigenvalue weighted by molar-refractivity contribution is 0.127. The van der Waals surface area contributed by atoms with E-state index in [1.54, 1.807) is 0 Å². The molecule has 2 amide bonds. The lowest BCUT2D eigenvalue weighted by atomic mass is 9.72. The van der Waals surface area contributed by atoms with Gasteiger partial charge in [0.05, 0.1) is 0 Å². The molecular weight excluding hydrogens is 400 g/mol. The molecule has 0 spiro atoms. The van der Waals surface area contributed by atoms with Crippen LogP contribution in [0, 0.1) is 25.7 Å². The van der Waals surface area contributed by atoms with Crippen LogP contribution in [0.25, 0.3) is 0 Å². The van der Waals surface area contributed by atoms with Gasteiger partial charge in [0.2, 0.25) is 0 Å². The molecule has 31 heavy (non-hydrogen) atoms. The lowest BCUT2D eigenvalue weighted by Gasteiger charge is -2.40. The smallest absolute Gasteiger partial charge is 0.321 e. The largest absolute Gasteiger partial charge is 0.322 e. The molecule has 0 atom stereocenters. The summed E-state index contributed by atoms with van der Waals surface area (Å²) in [6, 6.07) is 6.74. The number of benzene rings is 1. The van der Waals surface area contributed by atoms with E-state index >= 15 is 0 Å². The predicted molar refractivity (Wildman–Crippen MR) is 136 cm³/mol. The first kappa shape index (κ1) is 24.5. The molecule has 2 fully saturated rings. The highest BCUT2D eigenvalue weighted by molar-refractivity contribution is 7.99. The van der Waals surface area contributed by atoms with Crippen LogP contribution in [-0.2, 0) is 0 Å². The van der Waals surface area contributed by atoms with Gasteiger partial charge in [-0.05, 0) is 74.7 Å². The second-order valence-electron chi connectivity index (χ2n) is 9.82. The fourth-order valence-electron chi connectivity index (χ4n) is 5.64. The summed E-state index contributed by atoms with van der Waals surface area (Å²) in [4.78, 5) is 15.6. The molecule has 1 N–H and O–H groups in total. The fourth-order valence-corrected chi connectivity index (χ4v) is 6.66. The van der Waals surface area contributed by atoms with Crippen molar-refractivity contribution in [2.75, 3.05) is 23.4 Å². The SMILES string of the molecule is CCCCSCCN(C(=O)Nc1c(C)cccc1C)[C@H]1CC[C@@H](C2CCCCC2)CC1. The number of hydrogen-bond acceptors (Lipinski definition) is 2. The van der Waals surface area contributed by atoms with Crippen molar-refractivity contribution in [1.82, 2.24) is 4.90 Å². The van der Waals surface area contributed by atoms with Crippen molar-refractivity contribution in [1.29, 1.82) is 0 Å². The van der Waals surface area contributed by atoms with Gasteiger partial charge < -0.3 is 10.2 Å². The van der Waals surface area contributed by atoms with Gasteiger partial charge in [-0.15, -0.1) is 0 Å². The molecule has 3 nitrogen and oxygen atoms in total.